The number of rotatable bonds is 8. The zero-order chi connectivity index (χ0) is 21.8. The van der Waals surface area contributed by atoms with Crippen molar-refractivity contribution in [2.45, 2.75) is 45.6 Å². The van der Waals surface area contributed by atoms with E-state index in [2.05, 4.69) is 15.3 Å². The van der Waals surface area contributed by atoms with E-state index in [-0.39, 0.29) is 17.6 Å². The monoisotopic (exact) mass is 428 g/mol. The van der Waals surface area contributed by atoms with Crippen LogP contribution in [-0.2, 0) is 16.0 Å². The Hall–Kier alpha value is -2.98. The highest BCUT2D eigenvalue weighted by Gasteiger charge is 2.28. The second-order valence-corrected chi connectivity index (χ2v) is 7.51. The number of nitrogens with one attached hydrogen (secondary N) is 1. The van der Waals surface area contributed by atoms with E-state index in [4.69, 9.17) is 9.47 Å². The number of aromatic nitrogens is 5. The third-order valence-electron chi connectivity index (χ3n) is 5.54. The molecule has 2 aromatic heterocycles. The fraction of sp³-hybridized carbons (Fsp3) is 0.524. The van der Waals surface area contributed by atoms with Gasteiger partial charge in [0.15, 0.2) is 12.0 Å². The Morgan fingerprint density at radius 3 is 2.61 bits per heavy atom. The fourth-order valence-corrected chi connectivity index (χ4v) is 4.09. The molecule has 0 saturated carbocycles. The van der Waals surface area contributed by atoms with Crippen LogP contribution in [0.1, 0.15) is 43.2 Å². The van der Waals surface area contributed by atoms with E-state index in [0.29, 0.717) is 51.4 Å². The Morgan fingerprint density at radius 1 is 1.19 bits per heavy atom. The van der Waals surface area contributed by atoms with Crippen molar-refractivity contribution in [3.05, 3.63) is 46.6 Å². The van der Waals surface area contributed by atoms with E-state index in [0.717, 1.165) is 11.0 Å². The van der Waals surface area contributed by atoms with Crippen molar-refractivity contribution in [2.24, 2.45) is 0 Å². The molecule has 0 atom stereocenters. The first kappa shape index (κ1) is 21.3. The number of fused-ring (bicyclic) bond motifs is 1. The molecule has 0 spiro atoms. The summed E-state index contributed by atoms with van der Waals surface area (Å²) in [7, 11) is 0. The van der Waals surface area contributed by atoms with Crippen LogP contribution in [-0.4, -0.2) is 67.9 Å². The number of ether oxygens (including phenoxy) is 2. The smallest absolute Gasteiger partial charge is 0.326 e. The van der Waals surface area contributed by atoms with Gasteiger partial charge in [0.2, 0.25) is 0 Å². The van der Waals surface area contributed by atoms with Crippen LogP contribution in [0, 0.1) is 0 Å². The summed E-state index contributed by atoms with van der Waals surface area (Å²) in [6.45, 7) is 6.34. The largest absolute Gasteiger partial charge is 0.351 e. The van der Waals surface area contributed by atoms with Crippen LogP contribution in [0.25, 0.3) is 11.0 Å². The van der Waals surface area contributed by atoms with Gasteiger partial charge in [0, 0.05) is 32.3 Å². The van der Waals surface area contributed by atoms with Crippen molar-refractivity contribution in [1.29, 1.82) is 0 Å². The van der Waals surface area contributed by atoms with Gasteiger partial charge < -0.3 is 19.4 Å². The van der Waals surface area contributed by atoms with E-state index in [9.17, 15) is 9.59 Å². The number of likely N-dealkylation sites (tertiary alicyclic amines) is 1. The molecule has 0 unspecified atom stereocenters. The highest BCUT2D eigenvalue weighted by molar-refractivity contribution is 5.92. The van der Waals surface area contributed by atoms with Crippen molar-refractivity contribution >= 4 is 16.9 Å². The average molecular weight is 428 g/mol. The molecule has 3 heterocycles. The Balaban J connectivity index is 1.39. The first-order chi connectivity index (χ1) is 15.1. The van der Waals surface area contributed by atoms with Gasteiger partial charge in [-0.1, -0.05) is 17.3 Å². The molecule has 10 nitrogen and oxygen atoms in total. The van der Waals surface area contributed by atoms with E-state index >= 15 is 0 Å². The quantitative estimate of drug-likeness (QED) is 0.548. The van der Waals surface area contributed by atoms with Crippen molar-refractivity contribution in [3.63, 3.8) is 0 Å². The SMILES string of the molecule is CCOC(Cn1cc(C(=O)N2CCC(n3c(=O)[nH]c4ccccc43)CC2)nn1)OCC. The van der Waals surface area contributed by atoms with Crippen LogP contribution in [0.4, 0.5) is 0 Å². The molecule has 166 valence electrons. The van der Waals surface area contributed by atoms with Crippen molar-refractivity contribution in [3.8, 4) is 0 Å². The minimum Gasteiger partial charge on any atom is -0.351 e. The number of imidazole rings is 1. The molecule has 1 aromatic carbocycles. The molecule has 1 N–H and O–H groups in total. The van der Waals surface area contributed by atoms with Gasteiger partial charge in [-0.05, 0) is 38.8 Å². The summed E-state index contributed by atoms with van der Waals surface area (Å²) in [6, 6.07) is 7.73. The lowest BCUT2D eigenvalue weighted by molar-refractivity contribution is -0.145. The Kier molecular flexibility index (Phi) is 6.47. The molecule has 31 heavy (non-hydrogen) atoms. The predicted octanol–water partition coefficient (Wildman–Crippen LogP) is 1.80. The molecular weight excluding hydrogens is 400 g/mol. The van der Waals surface area contributed by atoms with Crippen LogP contribution in [0.2, 0.25) is 0 Å². The Morgan fingerprint density at radius 2 is 1.90 bits per heavy atom. The first-order valence-electron chi connectivity index (χ1n) is 10.7. The summed E-state index contributed by atoms with van der Waals surface area (Å²) in [5, 5.41) is 8.09. The molecule has 1 amide bonds. The molecular formula is C21H28N6O4. The van der Waals surface area contributed by atoms with Crippen LogP contribution in [0.15, 0.2) is 35.3 Å². The van der Waals surface area contributed by atoms with Gasteiger partial charge in [0.05, 0.1) is 23.8 Å². The van der Waals surface area contributed by atoms with Crippen molar-refractivity contribution in [1.82, 2.24) is 29.4 Å². The van der Waals surface area contributed by atoms with E-state index in [1.165, 1.54) is 0 Å². The number of H-pyrrole nitrogens is 1. The molecule has 4 rings (SSSR count). The van der Waals surface area contributed by atoms with Gasteiger partial charge in [0.1, 0.15) is 0 Å². The number of piperidine rings is 1. The highest BCUT2D eigenvalue weighted by atomic mass is 16.7. The number of hydrogen-bond donors (Lipinski definition) is 1. The molecule has 1 fully saturated rings. The van der Waals surface area contributed by atoms with E-state index in [1.54, 1.807) is 15.8 Å². The maximum Gasteiger partial charge on any atom is 0.326 e. The number of para-hydroxylation sites is 2. The van der Waals surface area contributed by atoms with E-state index in [1.807, 2.05) is 42.7 Å². The van der Waals surface area contributed by atoms with Gasteiger partial charge in [-0.2, -0.15) is 0 Å². The van der Waals surface area contributed by atoms with Crippen LogP contribution in [0.3, 0.4) is 0 Å². The number of hydrogen-bond acceptors (Lipinski definition) is 6. The zero-order valence-electron chi connectivity index (χ0n) is 17.9. The lowest BCUT2D eigenvalue weighted by atomic mass is 10.0. The van der Waals surface area contributed by atoms with Crippen molar-refractivity contribution in [2.75, 3.05) is 26.3 Å². The fourth-order valence-electron chi connectivity index (χ4n) is 4.09. The lowest BCUT2D eigenvalue weighted by Gasteiger charge is -2.32. The maximum absolute atomic E-state index is 12.9. The minimum absolute atomic E-state index is 0.0570. The van der Waals surface area contributed by atoms with Gasteiger partial charge >= 0.3 is 5.69 Å². The zero-order valence-corrected chi connectivity index (χ0v) is 17.9. The Labute approximate surface area is 179 Å². The first-order valence-corrected chi connectivity index (χ1v) is 10.7. The number of amides is 1. The molecule has 0 radical (unpaired) electrons. The minimum atomic E-state index is -0.426. The third-order valence-corrected chi connectivity index (χ3v) is 5.54. The van der Waals surface area contributed by atoms with Gasteiger partial charge in [-0.3, -0.25) is 9.36 Å². The lowest BCUT2D eigenvalue weighted by Crippen LogP contribution is -2.40. The number of nitrogens with zero attached hydrogens (tertiary/aromatic N) is 5. The molecule has 3 aromatic rings. The summed E-state index contributed by atoms with van der Waals surface area (Å²) in [4.78, 5) is 30.0. The average Bonchev–Trinajstić information content (AvgIpc) is 3.37. The molecule has 0 aliphatic carbocycles. The summed E-state index contributed by atoms with van der Waals surface area (Å²) < 4.78 is 14.4. The molecule has 1 aliphatic heterocycles. The predicted molar refractivity (Wildman–Crippen MR) is 114 cm³/mol. The number of aromatic amines is 1. The summed E-state index contributed by atoms with van der Waals surface area (Å²) in [6.07, 6.45) is 2.62. The summed E-state index contributed by atoms with van der Waals surface area (Å²) >= 11 is 0. The molecule has 1 aliphatic rings. The summed E-state index contributed by atoms with van der Waals surface area (Å²) in [5.41, 5.74) is 1.93. The second kappa shape index (κ2) is 9.44. The number of carbonyl (C=O) groups excluding carboxylic acids is 1. The van der Waals surface area contributed by atoms with E-state index < -0.39 is 6.29 Å². The van der Waals surface area contributed by atoms with Crippen LogP contribution >= 0.6 is 0 Å². The Bertz CT molecular complexity index is 1070. The molecule has 10 heteroatoms. The van der Waals surface area contributed by atoms with Gasteiger partial charge in [-0.15, -0.1) is 5.10 Å². The highest BCUT2D eigenvalue weighted by Crippen LogP contribution is 2.25. The molecule has 0 bridgehead atoms. The van der Waals surface area contributed by atoms with Crippen LogP contribution in [0.5, 0.6) is 0 Å². The van der Waals surface area contributed by atoms with Crippen molar-refractivity contribution < 1.29 is 14.3 Å². The molecule has 1 saturated heterocycles. The van der Waals surface area contributed by atoms with Gasteiger partial charge in [0.25, 0.3) is 5.91 Å². The van der Waals surface area contributed by atoms with Crippen LogP contribution < -0.4 is 5.69 Å². The number of carbonyl (C=O) groups is 1. The normalized spacial score (nSPS) is 15.3. The van der Waals surface area contributed by atoms with Gasteiger partial charge in [-0.25, -0.2) is 9.48 Å². The standard InChI is InChI=1S/C21H28N6O4/c1-3-30-19(31-4-2)14-26-13-17(23-24-26)20(28)25-11-9-15(10-12-25)27-18-8-6-5-7-16(18)22-21(27)29/h5-8,13,15,19H,3-4,9-12,14H2,1-2H3,(H,22,29). The number of benzene rings is 1. The second-order valence-electron chi connectivity index (χ2n) is 7.51. The summed E-state index contributed by atoms with van der Waals surface area (Å²) in [5.74, 6) is -0.152. The third kappa shape index (κ3) is 4.54. The maximum atomic E-state index is 12.9. The topological polar surface area (TPSA) is 107 Å².